The molecule has 1 aromatic carbocycles. The number of carbonyl (C=O) groups excluding carboxylic acids is 1. The van der Waals surface area contributed by atoms with Crippen LogP contribution in [0.2, 0.25) is 5.02 Å². The summed E-state index contributed by atoms with van der Waals surface area (Å²) in [5.41, 5.74) is -1.41. The Kier molecular flexibility index (Phi) is 6.81. The minimum Gasteiger partial charge on any atom is -0.383 e. The average Bonchev–Trinajstić information content (AvgIpc) is 2.44. The lowest BCUT2D eigenvalue weighted by Crippen LogP contribution is -2.38. The van der Waals surface area contributed by atoms with E-state index in [0.29, 0.717) is 6.07 Å². The van der Waals surface area contributed by atoms with Crippen LogP contribution in [0.5, 0.6) is 0 Å². The SMILES string of the molecule is COCCNC(=O)CNS(=O)(=O)c1ccc(Cl)cc1C(F)(F)F. The second-order valence-electron chi connectivity index (χ2n) is 4.31. The lowest BCUT2D eigenvalue weighted by molar-refractivity contribution is -0.139. The van der Waals surface area contributed by atoms with Gasteiger partial charge in [-0.2, -0.15) is 13.2 Å². The molecule has 11 heteroatoms. The highest BCUT2D eigenvalue weighted by Gasteiger charge is 2.37. The van der Waals surface area contributed by atoms with Crippen molar-refractivity contribution in [1.29, 1.82) is 0 Å². The summed E-state index contributed by atoms with van der Waals surface area (Å²) >= 11 is 5.48. The van der Waals surface area contributed by atoms with Gasteiger partial charge in [0.25, 0.3) is 0 Å². The lowest BCUT2D eigenvalue weighted by atomic mass is 10.2. The summed E-state index contributed by atoms with van der Waals surface area (Å²) in [5.74, 6) is -0.701. The number of nitrogens with one attached hydrogen (secondary N) is 2. The van der Waals surface area contributed by atoms with Gasteiger partial charge in [0.05, 0.1) is 23.6 Å². The molecule has 0 bridgehead atoms. The van der Waals surface area contributed by atoms with Crippen molar-refractivity contribution in [2.24, 2.45) is 0 Å². The van der Waals surface area contributed by atoms with E-state index in [4.69, 9.17) is 11.6 Å². The van der Waals surface area contributed by atoms with Crippen molar-refractivity contribution < 1.29 is 31.1 Å². The first kappa shape index (κ1) is 19.7. The van der Waals surface area contributed by atoms with Crippen LogP contribution in [0.4, 0.5) is 13.2 Å². The van der Waals surface area contributed by atoms with Gasteiger partial charge in [0.2, 0.25) is 15.9 Å². The summed E-state index contributed by atoms with van der Waals surface area (Å²) in [7, 11) is -3.13. The van der Waals surface area contributed by atoms with E-state index in [0.717, 1.165) is 12.1 Å². The van der Waals surface area contributed by atoms with Gasteiger partial charge in [0, 0.05) is 18.7 Å². The maximum Gasteiger partial charge on any atom is 0.417 e. The number of benzene rings is 1. The number of rotatable bonds is 7. The molecule has 0 aliphatic carbocycles. The van der Waals surface area contributed by atoms with E-state index >= 15 is 0 Å². The molecule has 0 aliphatic rings. The third kappa shape index (κ3) is 5.98. The molecule has 1 rings (SSSR count). The van der Waals surface area contributed by atoms with Gasteiger partial charge in [0.15, 0.2) is 0 Å². The Balaban J connectivity index is 2.91. The van der Waals surface area contributed by atoms with Crippen LogP contribution in [0.25, 0.3) is 0 Å². The zero-order valence-corrected chi connectivity index (χ0v) is 13.5. The summed E-state index contributed by atoms with van der Waals surface area (Å²) in [5, 5.41) is 2.07. The molecular formula is C12H14ClF3N2O4S. The van der Waals surface area contributed by atoms with E-state index in [1.807, 2.05) is 4.72 Å². The topological polar surface area (TPSA) is 84.5 Å². The highest BCUT2D eigenvalue weighted by molar-refractivity contribution is 7.89. The molecule has 0 unspecified atom stereocenters. The Morgan fingerprint density at radius 2 is 2.00 bits per heavy atom. The van der Waals surface area contributed by atoms with Crippen molar-refractivity contribution >= 4 is 27.5 Å². The summed E-state index contributed by atoms with van der Waals surface area (Å²) in [4.78, 5) is 10.4. The fourth-order valence-corrected chi connectivity index (χ4v) is 2.91. The van der Waals surface area contributed by atoms with E-state index in [9.17, 15) is 26.4 Å². The van der Waals surface area contributed by atoms with Gasteiger partial charge >= 0.3 is 6.18 Å². The summed E-state index contributed by atoms with van der Waals surface area (Å²) in [6.07, 6.45) is -4.91. The number of sulfonamides is 1. The van der Waals surface area contributed by atoms with Crippen LogP contribution in [-0.2, 0) is 25.7 Å². The zero-order valence-electron chi connectivity index (χ0n) is 11.9. The molecule has 0 saturated carbocycles. The van der Waals surface area contributed by atoms with Crippen LogP contribution < -0.4 is 10.0 Å². The van der Waals surface area contributed by atoms with Gasteiger partial charge in [-0.3, -0.25) is 4.79 Å². The van der Waals surface area contributed by atoms with Gasteiger partial charge in [-0.05, 0) is 18.2 Å². The van der Waals surface area contributed by atoms with E-state index in [1.165, 1.54) is 7.11 Å². The van der Waals surface area contributed by atoms with Gasteiger partial charge in [0.1, 0.15) is 0 Å². The standard InChI is InChI=1S/C12H14ClF3N2O4S/c1-22-5-4-17-11(19)7-18-23(20,21)10-3-2-8(13)6-9(10)12(14,15)16/h2-3,6,18H,4-5,7H2,1H3,(H,17,19). The molecule has 1 aromatic rings. The second-order valence-corrected chi connectivity index (χ2v) is 6.48. The number of carbonyl (C=O) groups is 1. The lowest BCUT2D eigenvalue weighted by Gasteiger charge is -2.14. The quantitative estimate of drug-likeness (QED) is 0.707. The molecule has 6 nitrogen and oxygen atoms in total. The molecule has 0 spiro atoms. The van der Waals surface area contributed by atoms with Crippen molar-refractivity contribution in [3.05, 3.63) is 28.8 Å². The highest BCUT2D eigenvalue weighted by atomic mass is 35.5. The number of methoxy groups -OCH3 is 1. The van der Waals surface area contributed by atoms with Crippen molar-refractivity contribution in [3.8, 4) is 0 Å². The van der Waals surface area contributed by atoms with E-state index in [1.54, 1.807) is 0 Å². The molecule has 0 atom stereocenters. The fraction of sp³-hybridized carbons (Fsp3) is 0.417. The van der Waals surface area contributed by atoms with Crippen LogP contribution in [0.3, 0.4) is 0 Å². The number of hydrogen-bond acceptors (Lipinski definition) is 4. The molecule has 0 radical (unpaired) electrons. The van der Waals surface area contributed by atoms with Gasteiger partial charge in [-0.25, -0.2) is 13.1 Å². The molecule has 1 amide bonds. The van der Waals surface area contributed by atoms with Gasteiger partial charge in [-0.15, -0.1) is 0 Å². The van der Waals surface area contributed by atoms with Crippen LogP contribution in [-0.4, -0.2) is 41.1 Å². The molecule has 130 valence electrons. The number of hydrogen-bond donors (Lipinski definition) is 2. The van der Waals surface area contributed by atoms with Crippen LogP contribution in [0.1, 0.15) is 5.56 Å². The van der Waals surface area contributed by atoms with E-state index < -0.39 is 39.1 Å². The normalized spacial score (nSPS) is 12.2. The molecule has 0 saturated heterocycles. The Morgan fingerprint density at radius 3 is 2.57 bits per heavy atom. The van der Waals surface area contributed by atoms with Crippen LogP contribution in [0, 0.1) is 0 Å². The fourth-order valence-electron chi connectivity index (χ4n) is 1.55. The minimum atomic E-state index is -4.91. The minimum absolute atomic E-state index is 0.145. The van der Waals surface area contributed by atoms with Crippen LogP contribution in [0.15, 0.2) is 23.1 Å². The van der Waals surface area contributed by atoms with Gasteiger partial charge in [-0.1, -0.05) is 11.6 Å². The number of halogens is 4. The van der Waals surface area contributed by atoms with Crippen molar-refractivity contribution in [3.63, 3.8) is 0 Å². The average molecular weight is 375 g/mol. The van der Waals surface area contributed by atoms with Crippen molar-refractivity contribution in [2.45, 2.75) is 11.1 Å². The first-order valence-electron chi connectivity index (χ1n) is 6.20. The third-order valence-corrected chi connectivity index (χ3v) is 4.28. The molecule has 0 fully saturated rings. The first-order chi connectivity index (χ1) is 10.6. The van der Waals surface area contributed by atoms with E-state index in [2.05, 4.69) is 10.1 Å². The molecule has 0 heterocycles. The summed E-state index contributed by atoms with van der Waals surface area (Å²) < 4.78 is 69.2. The third-order valence-electron chi connectivity index (χ3n) is 2.59. The monoisotopic (exact) mass is 374 g/mol. The van der Waals surface area contributed by atoms with Crippen molar-refractivity contribution in [2.75, 3.05) is 26.8 Å². The molecule has 0 aliphatic heterocycles. The molecule has 2 N–H and O–H groups in total. The number of alkyl halides is 3. The smallest absolute Gasteiger partial charge is 0.383 e. The van der Waals surface area contributed by atoms with Crippen molar-refractivity contribution in [1.82, 2.24) is 10.0 Å². The summed E-state index contributed by atoms with van der Waals surface area (Å²) in [6, 6.07) is 2.26. The Hall–Kier alpha value is -1.36. The van der Waals surface area contributed by atoms with Crippen LogP contribution >= 0.6 is 11.6 Å². The Morgan fingerprint density at radius 1 is 1.35 bits per heavy atom. The van der Waals surface area contributed by atoms with Gasteiger partial charge < -0.3 is 10.1 Å². The summed E-state index contributed by atoms with van der Waals surface area (Å²) in [6.45, 7) is -0.342. The van der Waals surface area contributed by atoms with E-state index in [-0.39, 0.29) is 18.2 Å². The maximum atomic E-state index is 12.9. The first-order valence-corrected chi connectivity index (χ1v) is 8.06. The maximum absolute atomic E-state index is 12.9. The highest BCUT2D eigenvalue weighted by Crippen LogP contribution is 2.35. The number of amides is 1. The largest absolute Gasteiger partial charge is 0.417 e. The molecular weight excluding hydrogens is 361 g/mol. The Labute approximate surface area is 136 Å². The Bertz CT molecular complexity index is 665. The second kappa shape index (κ2) is 7.95. The predicted molar refractivity (Wildman–Crippen MR) is 76.5 cm³/mol. The molecule has 23 heavy (non-hydrogen) atoms. The predicted octanol–water partition coefficient (Wildman–Crippen LogP) is 1.40. The number of ether oxygens (including phenoxy) is 1. The zero-order chi connectivity index (χ0) is 17.7. The molecule has 0 aromatic heterocycles.